The highest BCUT2D eigenvalue weighted by molar-refractivity contribution is 6.99. The molecule has 0 N–H and O–H groups in total. The number of aryl methyl sites for hydroxylation is 1. The van der Waals surface area contributed by atoms with E-state index >= 15 is 0 Å². The molecule has 9 rings (SSSR count). The number of hydrogen-bond donors (Lipinski definition) is 0. The van der Waals surface area contributed by atoms with Crippen LogP contribution in [0.25, 0.3) is 11.1 Å². The molecule has 0 spiro atoms. The van der Waals surface area contributed by atoms with E-state index in [1.165, 1.54) is 72.7 Å². The Morgan fingerprint density at radius 2 is 1.13 bits per heavy atom. The first-order valence-electron chi connectivity index (χ1n) is 20.3. The monoisotopic (exact) mass is 722 g/mol. The van der Waals surface area contributed by atoms with Crippen molar-refractivity contribution in [2.24, 2.45) is 0 Å². The molecule has 0 saturated carbocycles. The van der Waals surface area contributed by atoms with Crippen LogP contribution in [0.15, 0.2) is 114 Å². The second-order valence-corrected chi connectivity index (χ2v) is 19.8. The normalized spacial score (nSPS) is 16.7. The van der Waals surface area contributed by atoms with Crippen molar-refractivity contribution >= 4 is 57.4 Å². The molecule has 0 bridgehead atoms. The molecule has 6 aromatic rings. The average Bonchev–Trinajstić information content (AvgIpc) is 3.56. The number of furan rings is 1. The van der Waals surface area contributed by atoms with Gasteiger partial charge in [0.05, 0.1) is 11.3 Å². The number of nitrogens with zero attached hydrogens (tertiary/aromatic N) is 2. The lowest BCUT2D eigenvalue weighted by molar-refractivity contribution is 0.282. The van der Waals surface area contributed by atoms with Gasteiger partial charge in [-0.25, -0.2) is 0 Å². The summed E-state index contributed by atoms with van der Waals surface area (Å²) in [6.45, 7) is 25.7. The van der Waals surface area contributed by atoms with Gasteiger partial charge in [-0.3, -0.25) is 0 Å². The van der Waals surface area contributed by atoms with Crippen LogP contribution in [0.1, 0.15) is 110 Å². The molecule has 1 aromatic heterocycles. The Morgan fingerprint density at radius 3 is 1.76 bits per heavy atom. The predicted octanol–water partition coefficient (Wildman–Crippen LogP) is 12.3. The molecule has 3 nitrogen and oxygen atoms in total. The van der Waals surface area contributed by atoms with Gasteiger partial charge in [0.1, 0.15) is 5.76 Å². The minimum absolute atomic E-state index is 0.0129. The zero-order valence-electron chi connectivity index (χ0n) is 34.7. The Labute approximate surface area is 329 Å². The summed E-state index contributed by atoms with van der Waals surface area (Å²) in [5, 5.41) is 0. The molecule has 4 heteroatoms. The summed E-state index contributed by atoms with van der Waals surface area (Å²) in [6.07, 6.45) is 2.20. The smallest absolute Gasteiger partial charge is 0.297 e. The molecule has 2 aliphatic heterocycles. The molecule has 0 saturated heterocycles. The van der Waals surface area contributed by atoms with Gasteiger partial charge >= 0.3 is 0 Å². The highest BCUT2D eigenvalue weighted by atomic mass is 16.3. The van der Waals surface area contributed by atoms with Crippen LogP contribution in [0.4, 0.5) is 34.1 Å². The van der Waals surface area contributed by atoms with Gasteiger partial charge in [0.2, 0.25) is 0 Å². The van der Waals surface area contributed by atoms with Gasteiger partial charge < -0.3 is 14.2 Å². The van der Waals surface area contributed by atoms with Gasteiger partial charge in [-0.2, -0.15) is 0 Å². The minimum atomic E-state index is -0.0818. The highest BCUT2D eigenvalue weighted by Crippen LogP contribution is 2.54. The van der Waals surface area contributed by atoms with E-state index in [0.717, 1.165) is 29.9 Å². The summed E-state index contributed by atoms with van der Waals surface area (Å²) >= 11 is 0. The summed E-state index contributed by atoms with van der Waals surface area (Å²) in [6, 6.07) is 41.2. The zero-order valence-corrected chi connectivity index (χ0v) is 34.7. The quantitative estimate of drug-likeness (QED) is 0.169. The predicted molar refractivity (Wildman–Crippen MR) is 236 cm³/mol. The summed E-state index contributed by atoms with van der Waals surface area (Å²) in [5.74, 6) is 1.15. The molecular weight excluding hydrogens is 667 g/mol. The summed E-state index contributed by atoms with van der Waals surface area (Å²) < 4.78 is 7.52. The van der Waals surface area contributed by atoms with Crippen LogP contribution in [0.5, 0.6) is 0 Å². The fourth-order valence-corrected chi connectivity index (χ4v) is 9.48. The van der Waals surface area contributed by atoms with Gasteiger partial charge in [-0.05, 0) is 117 Å². The molecule has 3 heterocycles. The first kappa shape index (κ1) is 35.7. The Bertz CT molecular complexity index is 2450. The van der Waals surface area contributed by atoms with Crippen molar-refractivity contribution in [3.63, 3.8) is 0 Å². The maximum absolute atomic E-state index is 7.52. The van der Waals surface area contributed by atoms with Crippen molar-refractivity contribution < 1.29 is 4.42 Å². The van der Waals surface area contributed by atoms with Crippen LogP contribution in [0.2, 0.25) is 0 Å². The molecular formula is C51H55BN2O. The number of rotatable bonds is 3. The molecule has 5 aromatic carbocycles. The third-order valence-electron chi connectivity index (χ3n) is 12.8. The van der Waals surface area contributed by atoms with Crippen LogP contribution in [0, 0.1) is 6.92 Å². The van der Waals surface area contributed by atoms with Gasteiger partial charge in [0.25, 0.3) is 6.71 Å². The molecule has 1 aliphatic carbocycles. The van der Waals surface area contributed by atoms with Crippen molar-refractivity contribution in [2.45, 2.75) is 111 Å². The second kappa shape index (κ2) is 12.0. The lowest BCUT2D eigenvalue weighted by Gasteiger charge is -2.44. The molecule has 3 aliphatic rings. The highest BCUT2D eigenvalue weighted by Gasteiger charge is 2.52. The van der Waals surface area contributed by atoms with E-state index in [2.05, 4.69) is 195 Å². The summed E-state index contributed by atoms with van der Waals surface area (Å²) in [7, 11) is 0. The lowest BCUT2D eigenvalue weighted by atomic mass is 9.35. The minimum Gasteiger partial charge on any atom is -0.472 e. The molecule has 278 valence electrons. The number of benzene rings is 5. The van der Waals surface area contributed by atoms with Crippen LogP contribution >= 0.6 is 0 Å². The molecule has 0 fully saturated rings. The van der Waals surface area contributed by atoms with Crippen molar-refractivity contribution in [2.75, 3.05) is 9.80 Å². The Kier molecular flexibility index (Phi) is 7.81. The Hall–Kier alpha value is -4.96. The van der Waals surface area contributed by atoms with Crippen LogP contribution in [-0.4, -0.2) is 6.71 Å². The third-order valence-corrected chi connectivity index (χ3v) is 12.8. The topological polar surface area (TPSA) is 19.6 Å². The Balaban J connectivity index is 1.37. The maximum Gasteiger partial charge on any atom is 0.297 e. The second-order valence-electron chi connectivity index (χ2n) is 19.8. The fraction of sp³-hybridized carbons (Fsp3) is 0.333. The van der Waals surface area contributed by atoms with Crippen LogP contribution in [-0.2, 0) is 21.7 Å². The molecule has 55 heavy (non-hydrogen) atoms. The third kappa shape index (κ3) is 5.61. The standard InChI is InChI=1S/C51H55BN2O/c1-32-29-41-44-42(30-32)54(38-22-17-34(18-23-38)33-15-13-12-14-16-33)45-43-46(51(10,11)28-27-50(43,8)9)55-47(45)52(44)39-31-36(49(5,6)7)21-26-40(39)53(41)37-24-19-35(20-25-37)48(2,3)4/h12-26,29-31H,27-28H2,1-11H3. The van der Waals surface area contributed by atoms with E-state index in [0.29, 0.717) is 0 Å². The molecule has 0 atom stereocenters. The van der Waals surface area contributed by atoms with Crippen molar-refractivity contribution in [1.29, 1.82) is 0 Å². The first-order valence-corrected chi connectivity index (χ1v) is 20.3. The van der Waals surface area contributed by atoms with E-state index in [1.807, 2.05) is 0 Å². The van der Waals surface area contributed by atoms with Crippen molar-refractivity contribution in [1.82, 2.24) is 0 Å². The van der Waals surface area contributed by atoms with Crippen LogP contribution < -0.4 is 26.4 Å². The molecule has 0 unspecified atom stereocenters. The fourth-order valence-electron chi connectivity index (χ4n) is 9.48. The van der Waals surface area contributed by atoms with E-state index in [-0.39, 0.29) is 28.4 Å². The van der Waals surface area contributed by atoms with Crippen molar-refractivity contribution in [3.05, 3.63) is 137 Å². The lowest BCUT2D eigenvalue weighted by Crippen LogP contribution is -2.61. The molecule has 0 amide bonds. The van der Waals surface area contributed by atoms with Gasteiger partial charge in [0.15, 0.2) is 0 Å². The SMILES string of the molecule is Cc1cc2c3c(c1)N(c1ccc(-c4ccccc4)cc1)c1c(oc4c1C(C)(C)CCC4(C)C)B3c1cc(C(C)(C)C)ccc1N2c1ccc(C(C)(C)C)cc1. The van der Waals surface area contributed by atoms with E-state index < -0.39 is 0 Å². The van der Waals surface area contributed by atoms with Gasteiger partial charge in [0, 0.05) is 39.4 Å². The van der Waals surface area contributed by atoms with Gasteiger partial charge in [-0.15, -0.1) is 0 Å². The van der Waals surface area contributed by atoms with E-state index in [1.54, 1.807) is 0 Å². The zero-order chi connectivity index (χ0) is 38.8. The first-order chi connectivity index (χ1) is 25.9. The number of fused-ring (bicyclic) bond motifs is 6. The summed E-state index contributed by atoms with van der Waals surface area (Å²) in [5.41, 5.74) is 18.6. The number of hydrogen-bond acceptors (Lipinski definition) is 3. The van der Waals surface area contributed by atoms with E-state index in [4.69, 9.17) is 4.42 Å². The number of anilines is 6. The largest absolute Gasteiger partial charge is 0.472 e. The van der Waals surface area contributed by atoms with Crippen molar-refractivity contribution in [3.8, 4) is 11.1 Å². The average molecular weight is 723 g/mol. The summed E-state index contributed by atoms with van der Waals surface area (Å²) in [4.78, 5) is 5.09. The Morgan fingerprint density at radius 1 is 0.582 bits per heavy atom. The van der Waals surface area contributed by atoms with Crippen LogP contribution in [0.3, 0.4) is 0 Å². The van der Waals surface area contributed by atoms with Gasteiger partial charge in [-0.1, -0.05) is 136 Å². The molecule has 0 radical (unpaired) electrons. The van der Waals surface area contributed by atoms with E-state index in [9.17, 15) is 0 Å². The maximum atomic E-state index is 7.52.